The fourth-order valence-corrected chi connectivity index (χ4v) is 8.36. The molecule has 10 aromatic rings. The van der Waals surface area contributed by atoms with Gasteiger partial charge < -0.3 is 4.57 Å². The first-order valence-corrected chi connectivity index (χ1v) is 16.6. The van der Waals surface area contributed by atoms with Gasteiger partial charge in [-0.2, -0.15) is 0 Å². The lowest BCUT2D eigenvalue weighted by Gasteiger charge is -2.09. The molecule has 46 heavy (non-hydrogen) atoms. The molecule has 0 aliphatic carbocycles. The van der Waals surface area contributed by atoms with Crippen LogP contribution in [0.25, 0.3) is 91.5 Å². The molecule has 0 atom stereocenters. The van der Waals surface area contributed by atoms with Crippen molar-refractivity contribution in [3.8, 4) is 27.9 Å². The van der Waals surface area contributed by atoms with E-state index in [-0.39, 0.29) is 0 Å². The molecule has 2 heterocycles. The highest BCUT2D eigenvalue weighted by Crippen LogP contribution is 2.40. The molecule has 2 aromatic heterocycles. The van der Waals surface area contributed by atoms with Crippen LogP contribution in [-0.2, 0) is 0 Å². The zero-order valence-corrected chi connectivity index (χ0v) is 25.8. The first-order valence-electron chi connectivity index (χ1n) is 15.8. The summed E-state index contributed by atoms with van der Waals surface area (Å²) in [5.74, 6) is 0. The van der Waals surface area contributed by atoms with E-state index in [1.54, 1.807) is 0 Å². The second kappa shape index (κ2) is 9.90. The number of hydrogen-bond donors (Lipinski definition) is 0. The first kappa shape index (κ1) is 25.6. The number of benzene rings is 8. The van der Waals surface area contributed by atoms with Crippen LogP contribution in [0, 0.1) is 0 Å². The summed E-state index contributed by atoms with van der Waals surface area (Å²) in [6.45, 7) is 0. The molecule has 0 N–H and O–H groups in total. The fourth-order valence-electron chi connectivity index (χ4n) is 7.24. The Labute approximate surface area is 270 Å². The summed E-state index contributed by atoms with van der Waals surface area (Å²) in [6, 6.07) is 60.3. The van der Waals surface area contributed by atoms with Crippen molar-refractivity contribution >= 4 is 74.9 Å². The van der Waals surface area contributed by atoms with Gasteiger partial charge in [0, 0.05) is 36.6 Å². The van der Waals surface area contributed by atoms with Crippen molar-refractivity contribution in [2.75, 3.05) is 0 Å². The van der Waals surface area contributed by atoms with Gasteiger partial charge in [-0.05, 0) is 98.4 Å². The molecule has 0 saturated carbocycles. The van der Waals surface area contributed by atoms with Gasteiger partial charge >= 0.3 is 0 Å². The molecule has 0 fully saturated rings. The number of thiophene rings is 1. The van der Waals surface area contributed by atoms with Crippen LogP contribution >= 0.6 is 11.3 Å². The van der Waals surface area contributed by atoms with Gasteiger partial charge in [-0.15, -0.1) is 11.3 Å². The molecule has 0 spiro atoms. The van der Waals surface area contributed by atoms with Crippen molar-refractivity contribution in [2.24, 2.45) is 0 Å². The summed E-state index contributed by atoms with van der Waals surface area (Å²) < 4.78 is 5.09. The van der Waals surface area contributed by atoms with E-state index < -0.39 is 0 Å². The molecular weight excluding hydrogens is 575 g/mol. The average Bonchev–Trinajstić information content (AvgIpc) is 3.64. The monoisotopic (exact) mass is 601 g/mol. The maximum absolute atomic E-state index is 2.43. The molecule has 0 amide bonds. The Bertz CT molecular complexity index is 2800. The summed E-state index contributed by atoms with van der Waals surface area (Å²) in [5.41, 5.74) is 8.57. The van der Waals surface area contributed by atoms with Gasteiger partial charge in [0.15, 0.2) is 0 Å². The fraction of sp³-hybridized carbons (Fsp3) is 0. The number of nitrogens with zero attached hydrogens (tertiary/aromatic N) is 1. The molecule has 0 saturated heterocycles. The van der Waals surface area contributed by atoms with Crippen LogP contribution in [0.5, 0.6) is 0 Å². The molecule has 214 valence electrons. The van der Waals surface area contributed by atoms with Crippen molar-refractivity contribution in [1.82, 2.24) is 4.57 Å². The summed E-state index contributed by atoms with van der Waals surface area (Å²) in [4.78, 5) is 0. The van der Waals surface area contributed by atoms with Crippen molar-refractivity contribution in [1.29, 1.82) is 0 Å². The van der Waals surface area contributed by atoms with Gasteiger partial charge in [0.2, 0.25) is 0 Å². The van der Waals surface area contributed by atoms with Gasteiger partial charge in [0.1, 0.15) is 0 Å². The van der Waals surface area contributed by atoms with Gasteiger partial charge in [0.25, 0.3) is 0 Å². The maximum Gasteiger partial charge on any atom is 0.0541 e. The Morgan fingerprint density at radius 2 is 0.913 bits per heavy atom. The Hall–Kier alpha value is -5.70. The zero-order chi connectivity index (χ0) is 30.2. The third-order valence-electron chi connectivity index (χ3n) is 9.55. The summed E-state index contributed by atoms with van der Waals surface area (Å²) in [7, 11) is 0. The first-order chi connectivity index (χ1) is 22.8. The van der Waals surface area contributed by atoms with Crippen molar-refractivity contribution in [3.63, 3.8) is 0 Å². The minimum Gasteiger partial charge on any atom is -0.309 e. The Kier molecular flexibility index (Phi) is 5.51. The van der Waals surface area contributed by atoms with E-state index in [1.165, 1.54) is 91.5 Å². The predicted molar refractivity (Wildman–Crippen MR) is 200 cm³/mol. The number of aromatic nitrogens is 1. The molecule has 1 nitrogen and oxygen atoms in total. The van der Waals surface area contributed by atoms with Gasteiger partial charge in [0.05, 0.1) is 11.0 Å². The van der Waals surface area contributed by atoms with E-state index in [0.717, 1.165) is 0 Å². The number of rotatable bonds is 3. The normalized spacial score (nSPS) is 11.9. The van der Waals surface area contributed by atoms with Crippen molar-refractivity contribution in [3.05, 3.63) is 164 Å². The topological polar surface area (TPSA) is 4.93 Å². The Balaban J connectivity index is 1.09. The lowest BCUT2D eigenvalue weighted by molar-refractivity contribution is 1.19. The highest BCUT2D eigenvalue weighted by molar-refractivity contribution is 7.25. The second-order valence-electron chi connectivity index (χ2n) is 12.2. The highest BCUT2D eigenvalue weighted by Gasteiger charge is 2.15. The van der Waals surface area contributed by atoms with Crippen LogP contribution < -0.4 is 0 Å². The summed E-state index contributed by atoms with van der Waals surface area (Å²) in [5, 5.41) is 10.3. The molecule has 0 bridgehead atoms. The van der Waals surface area contributed by atoms with E-state index in [2.05, 4.69) is 168 Å². The van der Waals surface area contributed by atoms with Crippen LogP contribution in [0.4, 0.5) is 0 Å². The molecule has 2 heteroatoms. The van der Waals surface area contributed by atoms with Crippen LogP contribution in [0.15, 0.2) is 164 Å². The van der Waals surface area contributed by atoms with Gasteiger partial charge in [-0.25, -0.2) is 0 Å². The standard InChI is InChI=1S/C44H27NS/c1-2-8-31-23-34(18-17-28(31)7-1)29-13-15-30(16-14-29)35-19-21-42-38(24-35)37-11-5-6-12-41(37)45(42)36-20-22-43-40(27-36)39-25-32-9-3-4-10-33(32)26-44(39)46-43/h1-27H. The van der Waals surface area contributed by atoms with E-state index >= 15 is 0 Å². The molecule has 0 aliphatic heterocycles. The number of fused-ring (bicyclic) bond motifs is 8. The van der Waals surface area contributed by atoms with E-state index in [4.69, 9.17) is 0 Å². The van der Waals surface area contributed by atoms with Crippen LogP contribution in [0.3, 0.4) is 0 Å². The minimum absolute atomic E-state index is 1.19. The van der Waals surface area contributed by atoms with Gasteiger partial charge in [-0.3, -0.25) is 0 Å². The van der Waals surface area contributed by atoms with E-state index in [9.17, 15) is 0 Å². The Morgan fingerprint density at radius 3 is 1.72 bits per heavy atom. The largest absolute Gasteiger partial charge is 0.309 e. The summed E-state index contributed by atoms with van der Waals surface area (Å²) >= 11 is 1.88. The second-order valence-corrected chi connectivity index (χ2v) is 13.3. The highest BCUT2D eigenvalue weighted by atomic mass is 32.1. The minimum atomic E-state index is 1.19. The predicted octanol–water partition coefficient (Wildman–Crippen LogP) is 12.8. The van der Waals surface area contributed by atoms with Gasteiger partial charge in [-0.1, -0.05) is 109 Å². The summed E-state index contributed by atoms with van der Waals surface area (Å²) in [6.07, 6.45) is 0. The van der Waals surface area contributed by atoms with Crippen molar-refractivity contribution < 1.29 is 0 Å². The van der Waals surface area contributed by atoms with Crippen LogP contribution in [-0.4, -0.2) is 4.57 Å². The van der Waals surface area contributed by atoms with Crippen molar-refractivity contribution in [2.45, 2.75) is 0 Å². The third kappa shape index (κ3) is 3.94. The number of hydrogen-bond acceptors (Lipinski definition) is 1. The Morgan fingerprint density at radius 1 is 0.326 bits per heavy atom. The third-order valence-corrected chi connectivity index (χ3v) is 10.7. The molecule has 0 unspecified atom stereocenters. The van der Waals surface area contributed by atoms with Crippen LogP contribution in [0.1, 0.15) is 0 Å². The zero-order valence-electron chi connectivity index (χ0n) is 24.9. The van der Waals surface area contributed by atoms with Crippen LogP contribution in [0.2, 0.25) is 0 Å². The van der Waals surface area contributed by atoms with E-state index in [0.29, 0.717) is 0 Å². The smallest absolute Gasteiger partial charge is 0.0541 e. The molecular formula is C44H27NS. The molecule has 10 rings (SSSR count). The molecule has 0 aliphatic rings. The lowest BCUT2D eigenvalue weighted by atomic mass is 9.97. The SMILES string of the molecule is c1ccc2cc(-c3ccc(-c4ccc5c(c4)c4ccccc4n5-c4ccc5sc6cc7ccccc7cc6c5c4)cc3)ccc2c1. The molecule has 0 radical (unpaired) electrons. The quantitative estimate of drug-likeness (QED) is 0.190. The van der Waals surface area contributed by atoms with E-state index in [1.807, 2.05) is 11.3 Å². The number of para-hydroxylation sites is 1. The molecule has 8 aromatic carbocycles. The maximum atomic E-state index is 2.43. The lowest BCUT2D eigenvalue weighted by Crippen LogP contribution is -1.93. The average molecular weight is 602 g/mol.